The van der Waals surface area contributed by atoms with E-state index >= 15 is 0 Å². The van der Waals surface area contributed by atoms with Crippen LogP contribution in [-0.2, 0) is 10.0 Å². The van der Waals surface area contributed by atoms with Gasteiger partial charge in [-0.05, 0) is 25.7 Å². The Balaban J connectivity index is 1.32. The summed E-state index contributed by atoms with van der Waals surface area (Å²) in [5.74, 6) is -0.558. The Morgan fingerprint density at radius 3 is 2.44 bits per heavy atom. The molecule has 0 bridgehead atoms. The average molecular weight is 470 g/mol. The molecule has 0 aliphatic heterocycles. The molecule has 1 aliphatic carbocycles. The van der Waals surface area contributed by atoms with Gasteiger partial charge in [-0.25, -0.2) is 28.1 Å². The highest BCUT2D eigenvalue weighted by Gasteiger charge is 2.31. The van der Waals surface area contributed by atoms with Gasteiger partial charge in [0.25, 0.3) is 0 Å². The van der Waals surface area contributed by atoms with E-state index in [9.17, 15) is 21.6 Å². The normalized spacial score (nSPS) is 19.8. The lowest BCUT2D eigenvalue weighted by Gasteiger charge is -2.29. The van der Waals surface area contributed by atoms with Crippen LogP contribution >= 0.6 is 0 Å². The summed E-state index contributed by atoms with van der Waals surface area (Å²) < 4.78 is 63.0. The molecule has 3 aromatic heterocycles. The third kappa shape index (κ3) is 5.68. The first kappa shape index (κ1) is 22.3. The second-order valence-electron chi connectivity index (χ2n) is 7.65. The Morgan fingerprint density at radius 2 is 1.75 bits per heavy atom. The van der Waals surface area contributed by atoms with Gasteiger partial charge in [-0.15, -0.1) is 0 Å². The SMILES string of the molecule is O=S(=O)(CCC(F)(F)F)NC1CCC(Nc2ncc3c(-c4cncnc4)[nH]nc3n2)CC1. The van der Waals surface area contributed by atoms with Gasteiger partial charge in [0, 0.05) is 36.2 Å². The largest absolute Gasteiger partial charge is 0.390 e. The van der Waals surface area contributed by atoms with Crippen molar-refractivity contribution in [3.63, 3.8) is 0 Å². The van der Waals surface area contributed by atoms with Crippen LogP contribution < -0.4 is 10.0 Å². The van der Waals surface area contributed by atoms with Gasteiger partial charge < -0.3 is 5.32 Å². The molecule has 0 unspecified atom stereocenters. The maximum atomic E-state index is 12.3. The number of sulfonamides is 1. The van der Waals surface area contributed by atoms with Gasteiger partial charge in [0.05, 0.1) is 23.3 Å². The molecule has 0 atom stereocenters. The van der Waals surface area contributed by atoms with E-state index in [1.54, 1.807) is 18.6 Å². The molecule has 32 heavy (non-hydrogen) atoms. The number of nitrogens with zero attached hydrogens (tertiary/aromatic N) is 5. The Labute approximate surface area is 181 Å². The zero-order valence-electron chi connectivity index (χ0n) is 16.8. The summed E-state index contributed by atoms with van der Waals surface area (Å²) in [6.45, 7) is 0. The van der Waals surface area contributed by atoms with Crippen LogP contribution in [0.1, 0.15) is 32.1 Å². The number of aromatic amines is 1. The number of halogens is 3. The van der Waals surface area contributed by atoms with Crippen molar-refractivity contribution in [1.29, 1.82) is 0 Å². The number of rotatable bonds is 7. The molecule has 1 fully saturated rings. The minimum absolute atomic E-state index is 0.0179. The molecular weight excluding hydrogens is 449 g/mol. The van der Waals surface area contributed by atoms with Gasteiger partial charge in [0.15, 0.2) is 5.65 Å². The van der Waals surface area contributed by atoms with Crippen LogP contribution in [0.3, 0.4) is 0 Å². The van der Waals surface area contributed by atoms with Gasteiger partial charge >= 0.3 is 6.18 Å². The lowest BCUT2D eigenvalue weighted by Crippen LogP contribution is -2.41. The quantitative estimate of drug-likeness (QED) is 0.479. The number of aromatic nitrogens is 6. The van der Waals surface area contributed by atoms with Crippen LogP contribution in [0.25, 0.3) is 22.3 Å². The Kier molecular flexibility index (Phi) is 6.24. The number of hydrogen-bond donors (Lipinski definition) is 3. The molecule has 0 aromatic carbocycles. The summed E-state index contributed by atoms with van der Waals surface area (Å²) >= 11 is 0. The molecule has 0 spiro atoms. The summed E-state index contributed by atoms with van der Waals surface area (Å²) in [4.78, 5) is 16.7. The van der Waals surface area contributed by atoms with Crippen molar-refractivity contribution < 1.29 is 21.6 Å². The van der Waals surface area contributed by atoms with Crippen molar-refractivity contribution in [3.8, 4) is 11.3 Å². The lowest BCUT2D eigenvalue weighted by molar-refractivity contribution is -0.130. The highest BCUT2D eigenvalue weighted by atomic mass is 32.2. The first-order chi connectivity index (χ1) is 15.2. The average Bonchev–Trinajstić information content (AvgIpc) is 3.17. The maximum Gasteiger partial charge on any atom is 0.390 e. The van der Waals surface area contributed by atoms with E-state index in [2.05, 4.69) is 40.2 Å². The molecule has 0 radical (unpaired) electrons. The highest BCUT2D eigenvalue weighted by molar-refractivity contribution is 7.89. The predicted molar refractivity (Wildman–Crippen MR) is 110 cm³/mol. The van der Waals surface area contributed by atoms with Crippen molar-refractivity contribution in [1.82, 2.24) is 34.9 Å². The van der Waals surface area contributed by atoms with Gasteiger partial charge in [-0.1, -0.05) is 0 Å². The molecule has 10 nitrogen and oxygen atoms in total. The molecule has 3 aromatic rings. The summed E-state index contributed by atoms with van der Waals surface area (Å²) in [6.07, 6.45) is 2.80. The van der Waals surface area contributed by atoms with Gasteiger partial charge in [-0.2, -0.15) is 23.3 Å². The van der Waals surface area contributed by atoms with Gasteiger partial charge in [0.2, 0.25) is 16.0 Å². The molecule has 4 rings (SSSR count). The van der Waals surface area contributed by atoms with Crippen LogP contribution in [0.5, 0.6) is 0 Å². The van der Waals surface area contributed by atoms with E-state index in [-0.39, 0.29) is 12.1 Å². The smallest absolute Gasteiger partial charge is 0.351 e. The van der Waals surface area contributed by atoms with E-state index in [0.717, 1.165) is 10.9 Å². The van der Waals surface area contributed by atoms with Crippen LogP contribution in [0.4, 0.5) is 19.1 Å². The molecule has 1 saturated carbocycles. The Morgan fingerprint density at radius 1 is 1.06 bits per heavy atom. The molecule has 3 heterocycles. The molecule has 14 heteroatoms. The van der Waals surface area contributed by atoms with E-state index in [1.807, 2.05) is 0 Å². The molecule has 1 aliphatic rings. The third-order valence-electron chi connectivity index (χ3n) is 5.22. The van der Waals surface area contributed by atoms with Gasteiger partial charge in [0.1, 0.15) is 6.33 Å². The summed E-state index contributed by atoms with van der Waals surface area (Å²) in [5, 5.41) is 11.1. The van der Waals surface area contributed by atoms with Crippen LogP contribution in [0, 0.1) is 0 Å². The summed E-state index contributed by atoms with van der Waals surface area (Å²) in [6, 6.07) is -0.360. The second kappa shape index (κ2) is 8.94. The lowest BCUT2D eigenvalue weighted by atomic mass is 9.92. The van der Waals surface area contributed by atoms with E-state index in [4.69, 9.17) is 0 Å². The number of H-pyrrole nitrogens is 1. The number of nitrogens with one attached hydrogen (secondary N) is 3. The van der Waals surface area contributed by atoms with Crippen molar-refractivity contribution in [2.45, 2.75) is 50.4 Å². The monoisotopic (exact) mass is 470 g/mol. The number of anilines is 1. The fourth-order valence-corrected chi connectivity index (χ4v) is 4.98. The van der Waals surface area contributed by atoms with E-state index < -0.39 is 28.4 Å². The topological polar surface area (TPSA) is 138 Å². The first-order valence-electron chi connectivity index (χ1n) is 9.98. The predicted octanol–water partition coefficient (Wildman–Crippen LogP) is 2.40. The van der Waals surface area contributed by atoms with Crippen LogP contribution in [0.2, 0.25) is 0 Å². The molecule has 0 amide bonds. The zero-order chi connectivity index (χ0) is 22.8. The third-order valence-corrected chi connectivity index (χ3v) is 6.66. The van der Waals surface area contributed by atoms with E-state index in [0.29, 0.717) is 43.0 Å². The van der Waals surface area contributed by atoms with Crippen molar-refractivity contribution in [2.75, 3.05) is 11.1 Å². The van der Waals surface area contributed by atoms with Crippen molar-refractivity contribution >= 4 is 27.0 Å². The highest BCUT2D eigenvalue weighted by Crippen LogP contribution is 2.26. The number of hydrogen-bond acceptors (Lipinski definition) is 8. The molecule has 3 N–H and O–H groups in total. The Bertz CT molecular complexity index is 1160. The summed E-state index contributed by atoms with van der Waals surface area (Å²) in [5.41, 5.74) is 1.95. The Hall–Kier alpha value is -2.87. The van der Waals surface area contributed by atoms with Crippen molar-refractivity contribution in [2.24, 2.45) is 0 Å². The van der Waals surface area contributed by atoms with Crippen LogP contribution in [-0.4, -0.2) is 62.6 Å². The second-order valence-corrected chi connectivity index (χ2v) is 9.52. The standard InChI is InChI=1S/C18H21F3N8O2S/c19-18(20,21)5-6-32(30,31)29-13-3-1-12(2-4-13)25-17-24-9-14-15(27-28-16(14)26-17)11-7-22-10-23-8-11/h7-10,12-13,29H,1-6H2,(H2,24,25,26,27,28). The fourth-order valence-electron chi connectivity index (χ4n) is 3.62. The number of fused-ring (bicyclic) bond motifs is 1. The van der Waals surface area contributed by atoms with Crippen molar-refractivity contribution in [3.05, 3.63) is 24.9 Å². The molecule has 172 valence electrons. The number of alkyl halides is 3. The minimum atomic E-state index is -4.50. The summed E-state index contributed by atoms with van der Waals surface area (Å²) in [7, 11) is -3.97. The molecular formula is C18H21F3N8O2S. The van der Waals surface area contributed by atoms with E-state index in [1.165, 1.54) is 6.33 Å². The maximum absolute atomic E-state index is 12.3. The van der Waals surface area contributed by atoms with Crippen LogP contribution in [0.15, 0.2) is 24.9 Å². The minimum Gasteiger partial charge on any atom is -0.351 e. The van der Waals surface area contributed by atoms with Gasteiger partial charge in [-0.3, -0.25) is 5.10 Å². The fraction of sp³-hybridized carbons (Fsp3) is 0.500. The first-order valence-corrected chi connectivity index (χ1v) is 11.6. The molecule has 0 saturated heterocycles. The zero-order valence-corrected chi connectivity index (χ0v) is 17.6.